The number of amides is 1. The van der Waals surface area contributed by atoms with Gasteiger partial charge in [0, 0.05) is 30.2 Å². The number of hydrogen-bond donors (Lipinski definition) is 1. The number of nitrogens with zero attached hydrogens (tertiary/aromatic N) is 3. The zero-order chi connectivity index (χ0) is 17.9. The molecule has 4 rings (SSSR count). The molecule has 2 aromatic heterocycles. The maximum atomic E-state index is 12.4. The summed E-state index contributed by atoms with van der Waals surface area (Å²) in [6.07, 6.45) is 3.19. The van der Waals surface area contributed by atoms with Crippen molar-refractivity contribution in [3.63, 3.8) is 0 Å². The van der Waals surface area contributed by atoms with Crippen molar-refractivity contribution in [1.29, 1.82) is 5.26 Å². The van der Waals surface area contributed by atoms with E-state index in [1.54, 1.807) is 18.2 Å². The molecule has 0 spiro atoms. The van der Waals surface area contributed by atoms with Crippen LogP contribution in [0.25, 0.3) is 10.9 Å². The molecule has 0 unspecified atom stereocenters. The predicted molar refractivity (Wildman–Crippen MR) is 97.7 cm³/mol. The van der Waals surface area contributed by atoms with Gasteiger partial charge >= 0.3 is 0 Å². The van der Waals surface area contributed by atoms with Gasteiger partial charge in [0.2, 0.25) is 0 Å². The Morgan fingerprint density at radius 1 is 1.23 bits per heavy atom. The third-order valence-electron chi connectivity index (χ3n) is 4.70. The van der Waals surface area contributed by atoms with E-state index in [1.807, 2.05) is 29.2 Å². The molecule has 1 aliphatic heterocycles. The van der Waals surface area contributed by atoms with Crippen molar-refractivity contribution in [3.8, 4) is 6.07 Å². The lowest BCUT2D eigenvalue weighted by molar-refractivity contribution is 0.0686. The summed E-state index contributed by atoms with van der Waals surface area (Å²) < 4.78 is 5.20. The van der Waals surface area contributed by atoms with E-state index in [0.29, 0.717) is 24.5 Å². The highest BCUT2D eigenvalue weighted by Gasteiger charge is 2.25. The highest BCUT2D eigenvalue weighted by Crippen LogP contribution is 2.26. The predicted octanol–water partition coefficient (Wildman–Crippen LogP) is 3.42. The number of anilines is 1. The topological polar surface area (TPSA) is 82.2 Å². The van der Waals surface area contributed by atoms with E-state index in [9.17, 15) is 10.1 Å². The summed E-state index contributed by atoms with van der Waals surface area (Å²) in [5.74, 6) is 0.324. The molecule has 0 bridgehead atoms. The SMILES string of the molecule is N#Cc1cc(NC2CCN(C(=O)c3ccco3)CC2)c2ccccc2n1. The molecule has 130 valence electrons. The Balaban J connectivity index is 1.47. The second kappa shape index (κ2) is 6.89. The molecule has 1 aromatic carbocycles. The van der Waals surface area contributed by atoms with Gasteiger partial charge in [0.05, 0.1) is 11.8 Å². The van der Waals surface area contributed by atoms with Gasteiger partial charge in [-0.2, -0.15) is 5.26 Å². The second-order valence-corrected chi connectivity index (χ2v) is 6.37. The minimum atomic E-state index is -0.0606. The number of carbonyl (C=O) groups is 1. The number of likely N-dealkylation sites (tertiary alicyclic amines) is 1. The van der Waals surface area contributed by atoms with Gasteiger partial charge in [-0.15, -0.1) is 0 Å². The minimum Gasteiger partial charge on any atom is -0.459 e. The smallest absolute Gasteiger partial charge is 0.289 e. The molecule has 0 saturated carbocycles. The number of fused-ring (bicyclic) bond motifs is 1. The van der Waals surface area contributed by atoms with Crippen LogP contribution in [0, 0.1) is 11.3 Å². The van der Waals surface area contributed by atoms with E-state index in [2.05, 4.69) is 16.4 Å². The first-order valence-corrected chi connectivity index (χ1v) is 8.64. The van der Waals surface area contributed by atoms with Gasteiger partial charge in [0.25, 0.3) is 5.91 Å². The number of furan rings is 1. The molecular weight excluding hydrogens is 328 g/mol. The normalized spacial score (nSPS) is 15.0. The number of rotatable bonds is 3. The van der Waals surface area contributed by atoms with E-state index < -0.39 is 0 Å². The van der Waals surface area contributed by atoms with Crippen LogP contribution in [-0.2, 0) is 0 Å². The second-order valence-electron chi connectivity index (χ2n) is 6.37. The molecule has 1 amide bonds. The van der Waals surface area contributed by atoms with Crippen molar-refractivity contribution in [1.82, 2.24) is 9.88 Å². The van der Waals surface area contributed by atoms with E-state index in [0.717, 1.165) is 29.4 Å². The molecule has 1 N–H and O–H groups in total. The summed E-state index contributed by atoms with van der Waals surface area (Å²) in [4.78, 5) is 18.5. The highest BCUT2D eigenvalue weighted by molar-refractivity contribution is 5.92. The van der Waals surface area contributed by atoms with Gasteiger partial charge in [-0.1, -0.05) is 18.2 Å². The number of nitrogens with one attached hydrogen (secondary N) is 1. The molecule has 26 heavy (non-hydrogen) atoms. The van der Waals surface area contributed by atoms with Gasteiger partial charge in [-0.25, -0.2) is 4.98 Å². The molecule has 0 atom stereocenters. The Hall–Kier alpha value is -3.33. The van der Waals surface area contributed by atoms with E-state index in [1.165, 1.54) is 6.26 Å². The largest absolute Gasteiger partial charge is 0.459 e. The van der Waals surface area contributed by atoms with Crippen LogP contribution in [0.1, 0.15) is 29.1 Å². The standard InChI is InChI=1S/C20H18N4O2/c21-13-15-12-18(16-4-1-2-5-17(16)23-15)22-14-7-9-24(10-8-14)20(25)19-6-3-11-26-19/h1-6,11-12,14H,7-10H2,(H,22,23). The molecular formula is C20H18N4O2. The Morgan fingerprint density at radius 3 is 2.77 bits per heavy atom. The molecule has 1 aliphatic rings. The zero-order valence-corrected chi connectivity index (χ0v) is 14.2. The van der Waals surface area contributed by atoms with Crippen molar-refractivity contribution in [2.24, 2.45) is 0 Å². The van der Waals surface area contributed by atoms with Crippen LogP contribution >= 0.6 is 0 Å². The van der Waals surface area contributed by atoms with Crippen LogP contribution in [0.5, 0.6) is 0 Å². The first kappa shape index (κ1) is 16.2. The number of carbonyl (C=O) groups excluding carboxylic acids is 1. The fourth-order valence-electron chi connectivity index (χ4n) is 3.36. The summed E-state index contributed by atoms with van der Waals surface area (Å²) in [6, 6.07) is 15.4. The van der Waals surface area contributed by atoms with Crippen molar-refractivity contribution >= 4 is 22.5 Å². The zero-order valence-electron chi connectivity index (χ0n) is 14.2. The van der Waals surface area contributed by atoms with Crippen LogP contribution in [-0.4, -0.2) is 34.9 Å². The molecule has 0 aliphatic carbocycles. The first-order chi connectivity index (χ1) is 12.7. The lowest BCUT2D eigenvalue weighted by atomic mass is 10.0. The van der Waals surface area contributed by atoms with Gasteiger partial charge < -0.3 is 14.6 Å². The first-order valence-electron chi connectivity index (χ1n) is 8.64. The molecule has 3 heterocycles. The summed E-state index contributed by atoms with van der Waals surface area (Å²) >= 11 is 0. The quantitative estimate of drug-likeness (QED) is 0.786. The number of piperidine rings is 1. The summed E-state index contributed by atoms with van der Waals surface area (Å²) in [5, 5.41) is 13.8. The monoisotopic (exact) mass is 346 g/mol. The van der Waals surface area contributed by atoms with Gasteiger partial charge in [-0.05, 0) is 37.1 Å². The highest BCUT2D eigenvalue weighted by atomic mass is 16.3. The Kier molecular flexibility index (Phi) is 4.28. The third kappa shape index (κ3) is 3.11. The molecule has 0 radical (unpaired) electrons. The maximum absolute atomic E-state index is 12.4. The summed E-state index contributed by atoms with van der Waals surface area (Å²) in [6.45, 7) is 1.34. The molecule has 1 fully saturated rings. The number of benzene rings is 1. The fraction of sp³-hybridized carbons (Fsp3) is 0.250. The third-order valence-corrected chi connectivity index (χ3v) is 4.70. The van der Waals surface area contributed by atoms with Crippen molar-refractivity contribution in [2.45, 2.75) is 18.9 Å². The van der Waals surface area contributed by atoms with Crippen LogP contribution in [0.2, 0.25) is 0 Å². The average Bonchev–Trinajstić information content (AvgIpc) is 3.22. The van der Waals surface area contributed by atoms with E-state index >= 15 is 0 Å². The van der Waals surface area contributed by atoms with Crippen molar-refractivity contribution < 1.29 is 9.21 Å². The molecule has 1 saturated heterocycles. The van der Waals surface area contributed by atoms with Gasteiger partial charge in [0.15, 0.2) is 5.76 Å². The maximum Gasteiger partial charge on any atom is 0.289 e. The molecule has 6 heteroatoms. The van der Waals surface area contributed by atoms with Crippen LogP contribution in [0.3, 0.4) is 0 Å². The summed E-state index contributed by atoms with van der Waals surface area (Å²) in [5.41, 5.74) is 2.12. The number of aromatic nitrogens is 1. The number of para-hydroxylation sites is 1. The Morgan fingerprint density at radius 2 is 2.04 bits per heavy atom. The average molecular weight is 346 g/mol. The van der Waals surface area contributed by atoms with Crippen molar-refractivity contribution in [3.05, 3.63) is 60.2 Å². The molecule has 6 nitrogen and oxygen atoms in total. The Labute approximate surface area is 151 Å². The fourth-order valence-corrected chi connectivity index (χ4v) is 3.36. The molecule has 3 aromatic rings. The lowest BCUT2D eigenvalue weighted by Crippen LogP contribution is -2.42. The minimum absolute atomic E-state index is 0.0606. The van der Waals surface area contributed by atoms with Crippen molar-refractivity contribution in [2.75, 3.05) is 18.4 Å². The van der Waals surface area contributed by atoms with Crippen LogP contribution in [0.4, 0.5) is 5.69 Å². The number of hydrogen-bond acceptors (Lipinski definition) is 5. The van der Waals surface area contributed by atoms with Crippen LogP contribution < -0.4 is 5.32 Å². The van der Waals surface area contributed by atoms with Crippen LogP contribution in [0.15, 0.2) is 53.1 Å². The summed E-state index contributed by atoms with van der Waals surface area (Å²) in [7, 11) is 0. The van der Waals surface area contributed by atoms with Gasteiger partial charge in [-0.3, -0.25) is 4.79 Å². The number of pyridine rings is 1. The lowest BCUT2D eigenvalue weighted by Gasteiger charge is -2.32. The van der Waals surface area contributed by atoms with E-state index in [4.69, 9.17) is 4.42 Å². The van der Waals surface area contributed by atoms with Gasteiger partial charge in [0.1, 0.15) is 11.8 Å². The Bertz CT molecular complexity index is 967. The van der Waals surface area contributed by atoms with E-state index in [-0.39, 0.29) is 11.9 Å². The number of nitriles is 1.